The number of imide groups is 1. The molecule has 1 aliphatic heterocycles. The number of rotatable bonds is 8. The summed E-state index contributed by atoms with van der Waals surface area (Å²) >= 11 is 1.79. The third-order valence-corrected chi connectivity index (χ3v) is 6.17. The van der Waals surface area contributed by atoms with Crippen molar-refractivity contribution in [1.82, 2.24) is 4.90 Å². The Hall–Kier alpha value is -3.22. The van der Waals surface area contributed by atoms with E-state index in [4.69, 9.17) is 5.11 Å². The van der Waals surface area contributed by atoms with Crippen LogP contribution in [0.5, 0.6) is 0 Å². The van der Waals surface area contributed by atoms with Crippen LogP contribution in [-0.4, -0.2) is 43.4 Å². The number of hydrogen-bond donors (Lipinski definition) is 1. The van der Waals surface area contributed by atoms with Crippen LogP contribution >= 0.6 is 23.5 Å². The summed E-state index contributed by atoms with van der Waals surface area (Å²) < 4.78 is 0. The van der Waals surface area contributed by atoms with Gasteiger partial charge < -0.3 is 5.11 Å². The average Bonchev–Trinajstić information content (AvgIpc) is 3.00. The third-order valence-electron chi connectivity index (χ3n) is 4.22. The zero-order valence-corrected chi connectivity index (χ0v) is 17.4. The molecular formula is C19H15N3O7S2. The minimum Gasteiger partial charge on any atom is -0.396 e. The zero-order chi connectivity index (χ0) is 22.5. The van der Waals surface area contributed by atoms with Gasteiger partial charge in [0, 0.05) is 23.4 Å². The Kier molecular flexibility index (Phi) is 7.05. The molecule has 1 aliphatic rings. The number of benzene rings is 2. The van der Waals surface area contributed by atoms with E-state index in [2.05, 4.69) is 0 Å². The van der Waals surface area contributed by atoms with Crippen molar-refractivity contribution < 1.29 is 24.5 Å². The quantitative estimate of drug-likeness (QED) is 0.268. The van der Waals surface area contributed by atoms with Crippen molar-refractivity contribution in [3.8, 4) is 0 Å². The van der Waals surface area contributed by atoms with Gasteiger partial charge in [-0.05, 0) is 29.5 Å². The Labute approximate surface area is 184 Å². The fourth-order valence-corrected chi connectivity index (χ4v) is 4.42. The summed E-state index contributed by atoms with van der Waals surface area (Å²) in [6, 6.07) is 10.2. The van der Waals surface area contributed by atoms with E-state index in [9.17, 15) is 29.8 Å². The Morgan fingerprint density at radius 1 is 1.06 bits per heavy atom. The van der Waals surface area contributed by atoms with E-state index < -0.39 is 21.0 Å². The highest BCUT2D eigenvalue weighted by molar-refractivity contribution is 8.18. The maximum absolute atomic E-state index is 12.7. The van der Waals surface area contributed by atoms with E-state index in [0.29, 0.717) is 28.0 Å². The number of aliphatic hydroxyl groups excluding tert-OH is 1. The van der Waals surface area contributed by atoms with E-state index in [1.807, 2.05) is 0 Å². The molecule has 1 saturated heterocycles. The molecule has 160 valence electrons. The smallest absolute Gasteiger partial charge is 0.293 e. The molecule has 0 aromatic heterocycles. The van der Waals surface area contributed by atoms with E-state index in [1.165, 1.54) is 36.4 Å². The SMILES string of the molecule is O=C1S/C(=C\c2ccc(SCCO)c([N+](=O)[O-])c2)C(=O)N1Cc1ccccc1[N+](=O)[O-]. The maximum Gasteiger partial charge on any atom is 0.293 e. The number of hydrogen-bond acceptors (Lipinski definition) is 9. The van der Waals surface area contributed by atoms with Gasteiger partial charge in [0.05, 0.1) is 32.8 Å². The van der Waals surface area contributed by atoms with Crippen molar-refractivity contribution in [3.05, 3.63) is 78.7 Å². The van der Waals surface area contributed by atoms with Crippen molar-refractivity contribution in [2.75, 3.05) is 12.4 Å². The van der Waals surface area contributed by atoms with Gasteiger partial charge in [-0.1, -0.05) is 24.3 Å². The molecule has 0 spiro atoms. The fourth-order valence-electron chi connectivity index (χ4n) is 2.83. The topological polar surface area (TPSA) is 144 Å². The van der Waals surface area contributed by atoms with Crippen LogP contribution < -0.4 is 0 Å². The predicted octanol–water partition coefficient (Wildman–Crippen LogP) is 3.82. The van der Waals surface area contributed by atoms with Crippen molar-refractivity contribution in [2.24, 2.45) is 0 Å². The number of nitro groups is 2. The number of carbonyl (C=O) groups excluding carboxylic acids is 2. The summed E-state index contributed by atoms with van der Waals surface area (Å²) in [7, 11) is 0. The number of nitro benzene ring substituents is 2. The van der Waals surface area contributed by atoms with Gasteiger partial charge in [-0.3, -0.25) is 34.7 Å². The molecule has 1 fully saturated rings. The van der Waals surface area contributed by atoms with Gasteiger partial charge in [-0.2, -0.15) is 0 Å². The second-order valence-electron chi connectivity index (χ2n) is 6.21. The molecular weight excluding hydrogens is 446 g/mol. The van der Waals surface area contributed by atoms with Crippen LogP contribution in [0.1, 0.15) is 11.1 Å². The van der Waals surface area contributed by atoms with Crippen LogP contribution in [0.2, 0.25) is 0 Å². The molecule has 0 radical (unpaired) electrons. The summed E-state index contributed by atoms with van der Waals surface area (Å²) in [6.45, 7) is -0.383. The fraction of sp³-hybridized carbons (Fsp3) is 0.158. The van der Waals surface area contributed by atoms with Gasteiger partial charge in [0.2, 0.25) is 0 Å². The first-order valence-corrected chi connectivity index (χ1v) is 10.6. The van der Waals surface area contributed by atoms with Gasteiger partial charge in [0.1, 0.15) is 0 Å². The summed E-state index contributed by atoms with van der Waals surface area (Å²) in [6.07, 6.45) is 1.37. The number of amides is 2. The van der Waals surface area contributed by atoms with Crippen LogP contribution in [0, 0.1) is 20.2 Å². The molecule has 2 amide bonds. The zero-order valence-electron chi connectivity index (χ0n) is 15.8. The largest absolute Gasteiger partial charge is 0.396 e. The molecule has 0 unspecified atom stereocenters. The van der Waals surface area contributed by atoms with Crippen LogP contribution in [-0.2, 0) is 11.3 Å². The predicted molar refractivity (Wildman–Crippen MR) is 116 cm³/mol. The molecule has 1 N–H and O–H groups in total. The highest BCUT2D eigenvalue weighted by Crippen LogP contribution is 2.36. The Morgan fingerprint density at radius 3 is 2.45 bits per heavy atom. The van der Waals surface area contributed by atoms with E-state index >= 15 is 0 Å². The van der Waals surface area contributed by atoms with Crippen molar-refractivity contribution in [3.63, 3.8) is 0 Å². The molecule has 0 atom stereocenters. The molecule has 1 heterocycles. The molecule has 10 nitrogen and oxygen atoms in total. The molecule has 12 heteroatoms. The molecule has 3 rings (SSSR count). The normalized spacial score (nSPS) is 15.0. The lowest BCUT2D eigenvalue weighted by Gasteiger charge is -2.12. The van der Waals surface area contributed by atoms with Crippen molar-refractivity contribution >= 4 is 52.1 Å². The molecule has 0 aliphatic carbocycles. The summed E-state index contributed by atoms with van der Waals surface area (Å²) in [5, 5.41) is 30.9. The first kappa shape index (κ1) is 22.5. The number of para-hydroxylation sites is 1. The molecule has 0 bridgehead atoms. The maximum atomic E-state index is 12.7. The van der Waals surface area contributed by atoms with Gasteiger partial charge >= 0.3 is 0 Å². The second-order valence-corrected chi connectivity index (χ2v) is 8.34. The molecule has 31 heavy (non-hydrogen) atoms. The third kappa shape index (κ3) is 5.10. The Bertz CT molecular complexity index is 1100. The van der Waals surface area contributed by atoms with Gasteiger partial charge in [0.15, 0.2) is 0 Å². The van der Waals surface area contributed by atoms with Crippen LogP contribution in [0.15, 0.2) is 52.3 Å². The molecule has 2 aromatic carbocycles. The van der Waals surface area contributed by atoms with Gasteiger partial charge in [-0.25, -0.2) is 0 Å². The first-order chi connectivity index (χ1) is 14.8. The number of carbonyl (C=O) groups is 2. The van der Waals surface area contributed by atoms with Crippen LogP contribution in [0.4, 0.5) is 16.2 Å². The average molecular weight is 461 g/mol. The number of aliphatic hydroxyl groups is 1. The standard InChI is InChI=1S/C19H15N3O7S2/c23-7-8-30-16-6-5-12(9-15(16)22(28)29)10-17-18(24)20(19(25)31-17)11-13-3-1-2-4-14(13)21(26)27/h1-6,9-10,23H,7-8,11H2/b17-10-. The number of thioether (sulfide) groups is 2. The Balaban J connectivity index is 1.86. The van der Waals surface area contributed by atoms with Gasteiger partial charge in [-0.15, -0.1) is 11.8 Å². The minimum atomic E-state index is -0.630. The summed E-state index contributed by atoms with van der Waals surface area (Å²) in [5.41, 5.74) is 0.205. The lowest BCUT2D eigenvalue weighted by Crippen LogP contribution is -2.27. The van der Waals surface area contributed by atoms with Crippen molar-refractivity contribution in [2.45, 2.75) is 11.4 Å². The lowest BCUT2D eigenvalue weighted by atomic mass is 10.1. The highest BCUT2D eigenvalue weighted by Gasteiger charge is 2.36. The first-order valence-electron chi connectivity index (χ1n) is 8.81. The minimum absolute atomic E-state index is 0.0636. The monoisotopic (exact) mass is 461 g/mol. The molecule has 0 saturated carbocycles. The summed E-state index contributed by atoms with van der Waals surface area (Å²) in [4.78, 5) is 47.8. The van der Waals surface area contributed by atoms with Crippen LogP contribution in [0.25, 0.3) is 6.08 Å². The van der Waals surface area contributed by atoms with E-state index in [-0.39, 0.29) is 35.0 Å². The number of nitrogens with zero attached hydrogens (tertiary/aromatic N) is 3. The van der Waals surface area contributed by atoms with E-state index in [1.54, 1.807) is 12.1 Å². The lowest BCUT2D eigenvalue weighted by molar-refractivity contribution is -0.387. The molecule has 2 aromatic rings. The summed E-state index contributed by atoms with van der Waals surface area (Å²) in [5.74, 6) is -0.334. The highest BCUT2D eigenvalue weighted by atomic mass is 32.2. The van der Waals surface area contributed by atoms with Gasteiger partial charge in [0.25, 0.3) is 22.5 Å². The second kappa shape index (κ2) is 9.73. The Morgan fingerprint density at radius 2 is 1.77 bits per heavy atom. The van der Waals surface area contributed by atoms with Crippen molar-refractivity contribution in [1.29, 1.82) is 0 Å². The van der Waals surface area contributed by atoms with E-state index in [0.717, 1.165) is 16.7 Å². The van der Waals surface area contributed by atoms with Crippen LogP contribution in [0.3, 0.4) is 0 Å².